The van der Waals surface area contributed by atoms with E-state index in [0.717, 1.165) is 47.0 Å². The molecule has 3 nitrogen and oxygen atoms in total. The molecule has 1 aliphatic carbocycles. The molecule has 2 rings (SSSR count). The zero-order valence-corrected chi connectivity index (χ0v) is 12.2. The number of aryl methyl sites for hydroxylation is 1. The van der Waals surface area contributed by atoms with Crippen LogP contribution in [0.4, 0.5) is 0 Å². The van der Waals surface area contributed by atoms with Crippen LogP contribution in [0.3, 0.4) is 0 Å². The fourth-order valence-corrected chi connectivity index (χ4v) is 3.47. The first kappa shape index (κ1) is 13.3. The molecule has 0 N–H and O–H groups in total. The maximum Gasteiger partial charge on any atom is 0.235 e. The van der Waals surface area contributed by atoms with Gasteiger partial charge < -0.3 is 4.74 Å². The summed E-state index contributed by atoms with van der Waals surface area (Å²) in [5.41, 5.74) is 1.73. The number of benzene rings is 1. The number of hydrogen-bond donors (Lipinski definition) is 0. The van der Waals surface area contributed by atoms with Gasteiger partial charge in [-0.05, 0) is 52.9 Å². The first-order valence-corrected chi connectivity index (χ1v) is 6.86. The molecule has 0 amide bonds. The standard InChI is InChI=1S/C14H16BrNO2/c1-10-7-11(13(15)12(8-10)18-2)14(16-9-17)5-3-4-6-14/h7-8H,3-6H2,1-2H3. The number of ether oxygens (including phenoxy) is 1. The Bertz CT molecular complexity index is 501. The Hall–Kier alpha value is -1.12. The molecule has 0 radical (unpaired) electrons. The molecule has 1 aromatic carbocycles. The van der Waals surface area contributed by atoms with Crippen LogP contribution in [-0.4, -0.2) is 13.2 Å². The van der Waals surface area contributed by atoms with Crippen LogP contribution in [0.2, 0.25) is 0 Å². The highest BCUT2D eigenvalue weighted by atomic mass is 79.9. The quantitative estimate of drug-likeness (QED) is 0.628. The van der Waals surface area contributed by atoms with E-state index in [0.29, 0.717) is 0 Å². The summed E-state index contributed by atoms with van der Waals surface area (Å²) in [7, 11) is 1.65. The van der Waals surface area contributed by atoms with Gasteiger partial charge in [-0.2, -0.15) is 4.99 Å². The van der Waals surface area contributed by atoms with Gasteiger partial charge in [0.2, 0.25) is 6.08 Å². The van der Waals surface area contributed by atoms with Crippen molar-refractivity contribution in [3.63, 3.8) is 0 Å². The first-order chi connectivity index (χ1) is 8.63. The minimum atomic E-state index is -0.417. The van der Waals surface area contributed by atoms with Gasteiger partial charge in [0, 0.05) is 0 Å². The lowest BCUT2D eigenvalue weighted by molar-refractivity contribution is 0.404. The lowest BCUT2D eigenvalue weighted by Gasteiger charge is -2.25. The molecule has 0 aliphatic heterocycles. The number of halogens is 1. The summed E-state index contributed by atoms with van der Waals surface area (Å²) in [6.45, 7) is 2.02. The molecule has 18 heavy (non-hydrogen) atoms. The van der Waals surface area contributed by atoms with Gasteiger partial charge in [-0.15, -0.1) is 0 Å². The second kappa shape index (κ2) is 5.25. The SMILES string of the molecule is COc1cc(C)cc(C2(N=C=O)CCCC2)c1Br. The largest absolute Gasteiger partial charge is 0.496 e. The Balaban J connectivity index is 2.61. The van der Waals surface area contributed by atoms with Crippen LogP contribution in [0.1, 0.15) is 36.8 Å². The van der Waals surface area contributed by atoms with Gasteiger partial charge in [0.15, 0.2) is 0 Å². The highest BCUT2D eigenvalue weighted by Gasteiger charge is 2.38. The van der Waals surface area contributed by atoms with Gasteiger partial charge in [-0.1, -0.05) is 18.9 Å². The van der Waals surface area contributed by atoms with E-state index >= 15 is 0 Å². The van der Waals surface area contributed by atoms with Gasteiger partial charge in [-0.3, -0.25) is 0 Å². The molecule has 1 aromatic rings. The van der Waals surface area contributed by atoms with Crippen molar-refractivity contribution in [3.8, 4) is 5.75 Å². The molecule has 1 aliphatic rings. The van der Waals surface area contributed by atoms with E-state index in [-0.39, 0.29) is 0 Å². The van der Waals surface area contributed by atoms with E-state index in [1.165, 1.54) is 0 Å². The van der Waals surface area contributed by atoms with Crippen molar-refractivity contribution in [1.29, 1.82) is 0 Å². The van der Waals surface area contributed by atoms with Crippen LogP contribution in [0.5, 0.6) is 5.75 Å². The average molecular weight is 310 g/mol. The van der Waals surface area contributed by atoms with Crippen molar-refractivity contribution in [3.05, 3.63) is 27.7 Å². The number of aliphatic imine (C=N–C) groups is 1. The lowest BCUT2D eigenvalue weighted by atomic mass is 9.88. The number of methoxy groups -OCH3 is 1. The molecule has 0 bridgehead atoms. The summed E-state index contributed by atoms with van der Waals surface area (Å²) in [6.07, 6.45) is 5.72. The highest BCUT2D eigenvalue weighted by molar-refractivity contribution is 9.10. The van der Waals surface area contributed by atoms with Gasteiger partial charge in [-0.25, -0.2) is 4.79 Å². The topological polar surface area (TPSA) is 38.7 Å². The fourth-order valence-electron chi connectivity index (χ4n) is 2.71. The van der Waals surface area contributed by atoms with Crippen molar-refractivity contribution in [1.82, 2.24) is 0 Å². The van der Waals surface area contributed by atoms with Crippen molar-refractivity contribution < 1.29 is 9.53 Å². The van der Waals surface area contributed by atoms with E-state index in [1.54, 1.807) is 13.2 Å². The molecule has 0 atom stereocenters. The summed E-state index contributed by atoms with van der Waals surface area (Å²) in [6, 6.07) is 4.06. The summed E-state index contributed by atoms with van der Waals surface area (Å²) in [5.74, 6) is 0.789. The minimum Gasteiger partial charge on any atom is -0.496 e. The molecule has 0 saturated heterocycles. The van der Waals surface area contributed by atoms with E-state index < -0.39 is 5.54 Å². The van der Waals surface area contributed by atoms with E-state index in [9.17, 15) is 4.79 Å². The molecule has 0 spiro atoms. The van der Waals surface area contributed by atoms with Crippen molar-refractivity contribution in [2.24, 2.45) is 4.99 Å². The molecular weight excluding hydrogens is 294 g/mol. The third-order valence-corrected chi connectivity index (χ3v) is 4.41. The normalized spacial score (nSPS) is 17.3. The number of carbonyl (C=O) groups excluding carboxylic acids is 1. The number of hydrogen-bond acceptors (Lipinski definition) is 3. The van der Waals surface area contributed by atoms with Crippen molar-refractivity contribution in [2.45, 2.75) is 38.1 Å². The molecule has 0 unspecified atom stereocenters. The van der Waals surface area contributed by atoms with E-state index in [4.69, 9.17) is 4.74 Å². The number of nitrogens with zero attached hydrogens (tertiary/aromatic N) is 1. The Morgan fingerprint density at radius 3 is 2.61 bits per heavy atom. The Morgan fingerprint density at radius 2 is 2.06 bits per heavy atom. The van der Waals surface area contributed by atoms with Crippen molar-refractivity contribution in [2.75, 3.05) is 7.11 Å². The van der Waals surface area contributed by atoms with Gasteiger partial charge in [0.05, 0.1) is 17.1 Å². The zero-order valence-electron chi connectivity index (χ0n) is 10.6. The number of rotatable bonds is 3. The van der Waals surface area contributed by atoms with Crippen LogP contribution in [0.15, 0.2) is 21.6 Å². The predicted molar refractivity (Wildman–Crippen MR) is 73.7 cm³/mol. The van der Waals surface area contributed by atoms with Crippen LogP contribution in [0, 0.1) is 6.92 Å². The molecule has 96 valence electrons. The zero-order chi connectivity index (χ0) is 13.2. The van der Waals surface area contributed by atoms with Crippen LogP contribution < -0.4 is 4.74 Å². The Morgan fingerprint density at radius 1 is 1.39 bits per heavy atom. The second-order valence-corrected chi connectivity index (χ2v) is 5.56. The summed E-state index contributed by atoms with van der Waals surface area (Å²) < 4.78 is 6.26. The van der Waals surface area contributed by atoms with Crippen LogP contribution >= 0.6 is 15.9 Å². The van der Waals surface area contributed by atoms with Crippen molar-refractivity contribution >= 4 is 22.0 Å². The Labute approximate surface area is 115 Å². The predicted octanol–water partition coefficient (Wildman–Crippen LogP) is 3.87. The van der Waals surface area contributed by atoms with Gasteiger partial charge >= 0.3 is 0 Å². The smallest absolute Gasteiger partial charge is 0.235 e. The lowest BCUT2D eigenvalue weighted by Crippen LogP contribution is -2.20. The van der Waals surface area contributed by atoms with Crippen LogP contribution in [-0.2, 0) is 10.3 Å². The maximum absolute atomic E-state index is 10.8. The van der Waals surface area contributed by atoms with Gasteiger partial charge in [0.1, 0.15) is 5.75 Å². The Kier molecular flexibility index (Phi) is 3.88. The van der Waals surface area contributed by atoms with Crippen LogP contribution in [0.25, 0.3) is 0 Å². The average Bonchev–Trinajstić information content (AvgIpc) is 2.81. The minimum absolute atomic E-state index is 0.417. The molecule has 0 heterocycles. The van der Waals surface area contributed by atoms with E-state index in [2.05, 4.69) is 27.0 Å². The number of isocyanates is 1. The molecule has 4 heteroatoms. The molecule has 1 fully saturated rings. The monoisotopic (exact) mass is 309 g/mol. The molecular formula is C14H16BrNO2. The van der Waals surface area contributed by atoms with Gasteiger partial charge in [0.25, 0.3) is 0 Å². The third-order valence-electron chi connectivity index (χ3n) is 3.60. The highest BCUT2D eigenvalue weighted by Crippen LogP contribution is 2.47. The molecule has 0 aromatic heterocycles. The summed E-state index contributed by atoms with van der Waals surface area (Å²) in [5, 5.41) is 0. The maximum atomic E-state index is 10.8. The third kappa shape index (κ3) is 2.23. The first-order valence-electron chi connectivity index (χ1n) is 6.06. The summed E-state index contributed by atoms with van der Waals surface area (Å²) >= 11 is 3.58. The fraction of sp³-hybridized carbons (Fsp3) is 0.500. The second-order valence-electron chi connectivity index (χ2n) is 4.77. The molecule has 1 saturated carbocycles. The summed E-state index contributed by atoms with van der Waals surface area (Å²) in [4.78, 5) is 14.9. The van der Waals surface area contributed by atoms with E-state index in [1.807, 2.05) is 13.0 Å².